The predicted octanol–water partition coefficient (Wildman–Crippen LogP) is 6.39. The van der Waals surface area contributed by atoms with E-state index in [1.54, 1.807) is 30.0 Å². The van der Waals surface area contributed by atoms with Crippen molar-refractivity contribution in [2.75, 3.05) is 6.61 Å². The van der Waals surface area contributed by atoms with Crippen molar-refractivity contribution in [2.45, 2.75) is 10.6 Å². The number of fused-ring (bicyclic) bond motifs is 1. The maximum Gasteiger partial charge on any atom is 0.335 e. The van der Waals surface area contributed by atoms with Crippen LogP contribution in [0.1, 0.15) is 26.6 Å². The number of hydrogen-bond donors (Lipinski definition) is 1. The predicted molar refractivity (Wildman–Crippen MR) is 123 cm³/mol. The van der Waals surface area contributed by atoms with Gasteiger partial charge in [0.15, 0.2) is 12.2 Å². The van der Waals surface area contributed by atoms with Crippen molar-refractivity contribution in [2.24, 2.45) is 0 Å². The summed E-state index contributed by atoms with van der Waals surface area (Å²) in [5, 5.41) is 10.1. The number of aromatic nitrogens is 1. The van der Waals surface area contributed by atoms with E-state index in [9.17, 15) is 9.59 Å². The zero-order valence-electron chi connectivity index (χ0n) is 16.4. The van der Waals surface area contributed by atoms with Crippen molar-refractivity contribution < 1.29 is 23.8 Å². The van der Waals surface area contributed by atoms with Gasteiger partial charge in [-0.1, -0.05) is 29.3 Å². The van der Waals surface area contributed by atoms with E-state index in [1.807, 2.05) is 24.3 Å². The third kappa shape index (κ3) is 5.24. The number of aromatic carboxylic acids is 1. The molecule has 0 aliphatic carbocycles. The fourth-order valence-electron chi connectivity index (χ4n) is 2.82. The second kappa shape index (κ2) is 9.65. The van der Waals surface area contributed by atoms with Crippen LogP contribution in [0, 0.1) is 0 Å². The number of carboxylic acid groups (broad SMARTS) is 1. The highest BCUT2D eigenvalue weighted by molar-refractivity contribution is 7.98. The van der Waals surface area contributed by atoms with Crippen LogP contribution >= 0.6 is 35.0 Å². The van der Waals surface area contributed by atoms with Gasteiger partial charge in [0.1, 0.15) is 11.3 Å². The molecule has 9 heteroatoms. The Labute approximate surface area is 197 Å². The molecule has 4 rings (SSSR count). The zero-order valence-corrected chi connectivity index (χ0v) is 18.7. The van der Waals surface area contributed by atoms with Gasteiger partial charge in [0, 0.05) is 10.6 Å². The molecule has 0 spiro atoms. The summed E-state index contributed by atoms with van der Waals surface area (Å²) in [6.45, 7) is -0.256. The van der Waals surface area contributed by atoms with Crippen molar-refractivity contribution >= 4 is 57.8 Å². The van der Waals surface area contributed by atoms with Gasteiger partial charge in [0.2, 0.25) is 0 Å². The molecule has 0 unspecified atom stereocenters. The normalized spacial score (nSPS) is 10.9. The van der Waals surface area contributed by atoms with Gasteiger partial charge in [-0.25, -0.2) is 9.78 Å². The quantitative estimate of drug-likeness (QED) is 0.227. The molecule has 162 valence electrons. The number of halogens is 2. The van der Waals surface area contributed by atoms with Gasteiger partial charge < -0.3 is 14.3 Å². The second-order valence-electron chi connectivity index (χ2n) is 6.73. The Morgan fingerprint density at radius 2 is 1.78 bits per heavy atom. The first-order chi connectivity index (χ1) is 15.4. The summed E-state index contributed by atoms with van der Waals surface area (Å²) in [7, 11) is 0. The van der Waals surface area contributed by atoms with E-state index in [0.717, 1.165) is 16.2 Å². The number of oxazole rings is 1. The van der Waals surface area contributed by atoms with E-state index in [4.69, 9.17) is 37.5 Å². The Hall–Kier alpha value is -3.00. The summed E-state index contributed by atoms with van der Waals surface area (Å²) < 4.78 is 10.9. The lowest BCUT2D eigenvalue weighted by molar-refractivity contribution is 0.0696. The minimum absolute atomic E-state index is 0.0677. The molecular weight excluding hydrogens is 473 g/mol. The molecule has 0 aliphatic rings. The standard InChI is InChI=1S/C23H15Cl2NO5S/c24-17-7-1-13(9-18(17)25)12-32-16-5-3-15(4-6-16)30-11-20(27)22-26-19-10-14(23(28)29)2-8-21(19)31-22/h1-10H,11-12H2,(H,28,29). The van der Waals surface area contributed by atoms with Gasteiger partial charge in [-0.15, -0.1) is 11.8 Å². The van der Waals surface area contributed by atoms with E-state index >= 15 is 0 Å². The number of ketones is 1. The van der Waals surface area contributed by atoms with Gasteiger partial charge in [-0.2, -0.15) is 0 Å². The molecule has 1 aromatic heterocycles. The van der Waals surface area contributed by atoms with Crippen LogP contribution in [0.2, 0.25) is 10.0 Å². The first kappa shape index (κ1) is 22.2. The lowest BCUT2D eigenvalue weighted by Crippen LogP contribution is -2.11. The number of nitrogens with zero attached hydrogens (tertiary/aromatic N) is 1. The highest BCUT2D eigenvalue weighted by Crippen LogP contribution is 2.28. The van der Waals surface area contributed by atoms with Crippen LogP contribution in [-0.2, 0) is 5.75 Å². The van der Waals surface area contributed by atoms with E-state index in [1.165, 1.54) is 18.2 Å². The van der Waals surface area contributed by atoms with Crippen LogP contribution in [0.4, 0.5) is 0 Å². The van der Waals surface area contributed by atoms with Gasteiger partial charge in [-0.3, -0.25) is 4.79 Å². The molecule has 4 aromatic rings. The zero-order chi connectivity index (χ0) is 22.7. The fraction of sp³-hybridized carbons (Fsp3) is 0.0870. The average Bonchev–Trinajstić information content (AvgIpc) is 3.22. The second-order valence-corrected chi connectivity index (χ2v) is 8.59. The fourth-order valence-corrected chi connectivity index (χ4v) is 3.98. The Kier molecular flexibility index (Phi) is 6.69. The largest absolute Gasteiger partial charge is 0.485 e. The first-order valence-electron chi connectivity index (χ1n) is 9.36. The number of carbonyl (C=O) groups is 2. The molecule has 0 saturated carbocycles. The van der Waals surface area contributed by atoms with Crippen LogP contribution in [-0.4, -0.2) is 28.4 Å². The van der Waals surface area contributed by atoms with Crippen molar-refractivity contribution in [3.8, 4) is 5.75 Å². The molecule has 32 heavy (non-hydrogen) atoms. The molecule has 0 atom stereocenters. The SMILES string of the molecule is O=C(O)c1ccc2oc(C(=O)COc3ccc(SCc4ccc(Cl)c(Cl)c4)cc3)nc2c1. The molecule has 0 fully saturated rings. The number of benzene rings is 3. The third-order valence-corrected chi connectivity index (χ3v) is 6.28. The van der Waals surface area contributed by atoms with Gasteiger partial charge in [-0.05, 0) is 60.2 Å². The lowest BCUT2D eigenvalue weighted by Gasteiger charge is -2.06. The summed E-state index contributed by atoms with van der Waals surface area (Å²) in [5.41, 5.74) is 1.76. The van der Waals surface area contributed by atoms with Crippen LogP contribution in [0.3, 0.4) is 0 Å². The molecule has 0 radical (unpaired) electrons. The molecule has 0 amide bonds. The number of hydrogen-bond acceptors (Lipinski definition) is 6. The summed E-state index contributed by atoms with van der Waals surface area (Å²) in [5.74, 6) is -0.393. The Bertz CT molecular complexity index is 1300. The van der Waals surface area contributed by atoms with Crippen molar-refractivity contribution in [1.29, 1.82) is 0 Å². The minimum atomic E-state index is -1.08. The number of ether oxygens (including phenoxy) is 1. The molecule has 1 heterocycles. The number of carbonyl (C=O) groups excluding carboxylic acids is 1. The Morgan fingerprint density at radius 1 is 1.00 bits per heavy atom. The van der Waals surface area contributed by atoms with Crippen LogP contribution in [0.15, 0.2) is 70.0 Å². The van der Waals surface area contributed by atoms with Crippen LogP contribution in [0.25, 0.3) is 11.1 Å². The van der Waals surface area contributed by atoms with E-state index < -0.39 is 11.8 Å². The highest BCUT2D eigenvalue weighted by atomic mass is 35.5. The monoisotopic (exact) mass is 487 g/mol. The number of carboxylic acids is 1. The molecule has 0 bridgehead atoms. The molecule has 3 aromatic carbocycles. The van der Waals surface area contributed by atoms with Crippen molar-refractivity contribution in [3.05, 3.63) is 87.7 Å². The molecule has 1 N–H and O–H groups in total. The highest BCUT2D eigenvalue weighted by Gasteiger charge is 2.16. The van der Waals surface area contributed by atoms with Gasteiger partial charge >= 0.3 is 5.97 Å². The first-order valence-corrected chi connectivity index (χ1v) is 11.1. The molecule has 0 aliphatic heterocycles. The maximum absolute atomic E-state index is 12.4. The van der Waals surface area contributed by atoms with Crippen LogP contribution < -0.4 is 4.74 Å². The van der Waals surface area contributed by atoms with E-state index in [2.05, 4.69) is 4.98 Å². The third-order valence-electron chi connectivity index (χ3n) is 4.46. The van der Waals surface area contributed by atoms with E-state index in [0.29, 0.717) is 26.9 Å². The van der Waals surface area contributed by atoms with Crippen molar-refractivity contribution in [1.82, 2.24) is 4.98 Å². The van der Waals surface area contributed by atoms with Gasteiger partial charge in [0.25, 0.3) is 11.7 Å². The van der Waals surface area contributed by atoms with Gasteiger partial charge in [0.05, 0.1) is 15.6 Å². The number of thioether (sulfide) groups is 1. The minimum Gasteiger partial charge on any atom is -0.485 e. The summed E-state index contributed by atoms with van der Waals surface area (Å²) in [6.07, 6.45) is 0. The number of Topliss-reactive ketones (excluding diaryl/α,β-unsaturated/α-hetero) is 1. The summed E-state index contributed by atoms with van der Waals surface area (Å²) in [4.78, 5) is 28.5. The van der Waals surface area contributed by atoms with Crippen LogP contribution in [0.5, 0.6) is 5.75 Å². The summed E-state index contributed by atoms with van der Waals surface area (Å²) >= 11 is 13.6. The Balaban J connectivity index is 1.33. The molecule has 6 nitrogen and oxygen atoms in total. The summed E-state index contributed by atoms with van der Waals surface area (Å²) in [6, 6.07) is 17.1. The lowest BCUT2D eigenvalue weighted by atomic mass is 10.2. The maximum atomic E-state index is 12.4. The number of rotatable bonds is 8. The van der Waals surface area contributed by atoms with Crippen molar-refractivity contribution in [3.63, 3.8) is 0 Å². The Morgan fingerprint density at radius 3 is 2.50 bits per heavy atom. The molecule has 0 saturated heterocycles. The smallest absolute Gasteiger partial charge is 0.335 e. The molecular formula is C23H15Cl2NO5S. The topological polar surface area (TPSA) is 89.6 Å². The average molecular weight is 488 g/mol. The van der Waals surface area contributed by atoms with E-state index in [-0.39, 0.29) is 18.1 Å².